The molecule has 1 aliphatic heterocycles. The van der Waals surface area contributed by atoms with Gasteiger partial charge < -0.3 is 15.3 Å². The van der Waals surface area contributed by atoms with Gasteiger partial charge in [-0.05, 0) is 55.1 Å². The molecule has 1 saturated heterocycles. The number of benzene rings is 1. The molecule has 190 valence electrons. The van der Waals surface area contributed by atoms with Gasteiger partial charge in [-0.25, -0.2) is 9.97 Å². The van der Waals surface area contributed by atoms with Crippen molar-refractivity contribution in [3.8, 4) is 0 Å². The molecule has 3 heterocycles. The van der Waals surface area contributed by atoms with Crippen LogP contribution in [-0.2, 0) is 11.2 Å². The van der Waals surface area contributed by atoms with Gasteiger partial charge in [0.2, 0.25) is 0 Å². The Balaban J connectivity index is 1.34. The number of Topliss-reactive ketones (excluding diaryl/α,β-unsaturated/α-hetero) is 1. The van der Waals surface area contributed by atoms with Crippen LogP contribution < -0.4 is 10.2 Å². The van der Waals surface area contributed by atoms with Crippen molar-refractivity contribution in [2.24, 2.45) is 5.92 Å². The summed E-state index contributed by atoms with van der Waals surface area (Å²) < 4.78 is 0. The predicted molar refractivity (Wildman–Crippen MR) is 142 cm³/mol. The van der Waals surface area contributed by atoms with Crippen molar-refractivity contribution in [2.45, 2.75) is 74.4 Å². The topological polar surface area (TPSA) is 107 Å². The molecule has 8 nitrogen and oxygen atoms in total. The third-order valence-corrected chi connectivity index (χ3v) is 8.07. The van der Waals surface area contributed by atoms with Crippen LogP contribution in [0.1, 0.15) is 56.7 Å². The Morgan fingerprint density at radius 2 is 1.89 bits per heavy atom. The van der Waals surface area contributed by atoms with Crippen LogP contribution in [0, 0.1) is 12.8 Å². The van der Waals surface area contributed by atoms with Crippen LogP contribution in [0.3, 0.4) is 0 Å². The Hall–Kier alpha value is -2.91. The SMILES string of the molecule is CCC(=O)Cc1ccc(Sc2nc(Nc3cc(C)[nH]n3)cc(N3CC(O)(C4CCCCC4)C3)n2)cc1. The van der Waals surface area contributed by atoms with Gasteiger partial charge in [0.1, 0.15) is 23.0 Å². The number of anilines is 3. The Morgan fingerprint density at radius 1 is 1.14 bits per heavy atom. The van der Waals surface area contributed by atoms with Crippen molar-refractivity contribution in [1.29, 1.82) is 0 Å². The van der Waals surface area contributed by atoms with Crippen LogP contribution in [0.2, 0.25) is 0 Å². The maximum atomic E-state index is 11.8. The predicted octanol–water partition coefficient (Wildman–Crippen LogP) is 5.06. The van der Waals surface area contributed by atoms with Gasteiger partial charge in [-0.3, -0.25) is 9.89 Å². The summed E-state index contributed by atoms with van der Waals surface area (Å²) in [7, 11) is 0. The van der Waals surface area contributed by atoms with Gasteiger partial charge in [0.15, 0.2) is 11.0 Å². The lowest BCUT2D eigenvalue weighted by Crippen LogP contribution is -2.66. The van der Waals surface area contributed by atoms with Gasteiger partial charge in [-0.1, -0.05) is 38.3 Å². The number of aryl methyl sites for hydroxylation is 1. The molecule has 0 unspecified atom stereocenters. The van der Waals surface area contributed by atoms with Gasteiger partial charge >= 0.3 is 0 Å². The summed E-state index contributed by atoms with van der Waals surface area (Å²) in [6, 6.07) is 11.9. The van der Waals surface area contributed by atoms with Gasteiger partial charge in [0.05, 0.1) is 13.1 Å². The molecule has 0 radical (unpaired) electrons. The fraction of sp³-hybridized carbons (Fsp3) is 0.481. The van der Waals surface area contributed by atoms with E-state index in [1.54, 1.807) is 0 Å². The minimum atomic E-state index is -0.628. The number of ketones is 1. The first-order chi connectivity index (χ1) is 17.4. The average Bonchev–Trinajstić information content (AvgIpc) is 3.27. The summed E-state index contributed by atoms with van der Waals surface area (Å²) in [6.07, 6.45) is 6.94. The van der Waals surface area contributed by atoms with E-state index in [1.165, 1.54) is 31.0 Å². The highest BCUT2D eigenvalue weighted by atomic mass is 32.2. The number of hydrogen-bond donors (Lipinski definition) is 3. The Bertz CT molecular complexity index is 1200. The van der Waals surface area contributed by atoms with Crippen molar-refractivity contribution in [3.05, 3.63) is 47.7 Å². The number of aliphatic hydroxyl groups is 1. The number of β-amino-alcohol motifs (C(OH)–C–C–N with tert-alkyl or cyclic N) is 1. The highest BCUT2D eigenvalue weighted by molar-refractivity contribution is 7.99. The number of aromatic amines is 1. The van der Waals surface area contributed by atoms with Crippen molar-refractivity contribution >= 4 is 35.0 Å². The molecule has 1 saturated carbocycles. The summed E-state index contributed by atoms with van der Waals surface area (Å²) >= 11 is 1.48. The monoisotopic (exact) mass is 506 g/mol. The standard InChI is InChI=1S/C27H34N6O2S/c1-3-21(34)14-19-9-11-22(12-10-19)36-26-29-23(28-24-13-18(2)31-32-24)15-25(30-26)33-16-27(35,17-33)20-7-5-4-6-8-20/h9-13,15,20,35H,3-8,14,16-17H2,1-2H3,(H2,28,29,30,31,32). The second-order valence-electron chi connectivity index (χ2n) is 10.1. The highest BCUT2D eigenvalue weighted by Gasteiger charge is 2.48. The molecule has 9 heteroatoms. The normalized spacial score (nSPS) is 17.6. The van der Waals surface area contributed by atoms with E-state index in [0.29, 0.717) is 48.6 Å². The molecule has 36 heavy (non-hydrogen) atoms. The first kappa shape index (κ1) is 24.8. The smallest absolute Gasteiger partial charge is 0.196 e. The van der Waals surface area contributed by atoms with Gasteiger partial charge in [0.25, 0.3) is 0 Å². The van der Waals surface area contributed by atoms with Crippen LogP contribution in [-0.4, -0.2) is 49.7 Å². The van der Waals surface area contributed by atoms with E-state index in [1.807, 2.05) is 50.2 Å². The number of H-pyrrole nitrogens is 1. The zero-order valence-electron chi connectivity index (χ0n) is 21.0. The molecule has 0 spiro atoms. The minimum absolute atomic E-state index is 0.235. The Morgan fingerprint density at radius 3 is 2.56 bits per heavy atom. The maximum absolute atomic E-state index is 11.8. The Kier molecular flexibility index (Phi) is 7.29. The fourth-order valence-electron chi connectivity index (χ4n) is 5.11. The quantitative estimate of drug-likeness (QED) is 0.346. The van der Waals surface area contributed by atoms with E-state index in [4.69, 9.17) is 9.97 Å². The number of nitrogens with one attached hydrogen (secondary N) is 2. The summed E-state index contributed by atoms with van der Waals surface area (Å²) in [5, 5.41) is 22.4. The molecule has 1 aliphatic carbocycles. The number of hydrogen-bond acceptors (Lipinski definition) is 8. The molecule has 2 aliphatic rings. The molecule has 1 aromatic carbocycles. The average molecular weight is 507 g/mol. The molecule has 2 aromatic heterocycles. The van der Waals surface area contributed by atoms with E-state index in [-0.39, 0.29) is 5.78 Å². The molecule has 0 bridgehead atoms. The van der Waals surface area contributed by atoms with E-state index in [9.17, 15) is 9.90 Å². The first-order valence-corrected chi connectivity index (χ1v) is 13.7. The second kappa shape index (κ2) is 10.6. The molecular formula is C27H34N6O2S. The van der Waals surface area contributed by atoms with Crippen molar-refractivity contribution in [2.75, 3.05) is 23.3 Å². The summed E-state index contributed by atoms with van der Waals surface area (Å²) in [6.45, 7) is 5.04. The van der Waals surface area contributed by atoms with Crippen LogP contribution in [0.25, 0.3) is 0 Å². The third kappa shape index (κ3) is 5.73. The van der Waals surface area contributed by atoms with Crippen molar-refractivity contribution in [1.82, 2.24) is 20.2 Å². The molecule has 3 aromatic rings. The van der Waals surface area contributed by atoms with Crippen LogP contribution in [0.15, 0.2) is 46.5 Å². The molecule has 0 amide bonds. The molecule has 2 fully saturated rings. The number of carbonyl (C=O) groups excluding carboxylic acids is 1. The van der Waals surface area contributed by atoms with Crippen LogP contribution in [0.4, 0.5) is 17.5 Å². The number of carbonyl (C=O) groups is 1. The van der Waals surface area contributed by atoms with E-state index < -0.39 is 5.60 Å². The highest BCUT2D eigenvalue weighted by Crippen LogP contribution is 2.40. The summed E-state index contributed by atoms with van der Waals surface area (Å²) in [5.74, 6) is 2.76. The van der Waals surface area contributed by atoms with Crippen LogP contribution >= 0.6 is 11.8 Å². The zero-order valence-corrected chi connectivity index (χ0v) is 21.8. The van der Waals surface area contributed by atoms with Gasteiger partial charge in [0, 0.05) is 35.6 Å². The van der Waals surface area contributed by atoms with Crippen molar-refractivity contribution < 1.29 is 9.90 Å². The molecule has 3 N–H and O–H groups in total. The maximum Gasteiger partial charge on any atom is 0.196 e. The first-order valence-electron chi connectivity index (χ1n) is 12.8. The van der Waals surface area contributed by atoms with E-state index in [2.05, 4.69) is 20.4 Å². The second-order valence-corrected chi connectivity index (χ2v) is 11.1. The Labute approximate surface area is 216 Å². The van der Waals surface area contributed by atoms with E-state index >= 15 is 0 Å². The minimum Gasteiger partial charge on any atom is -0.386 e. The number of rotatable bonds is 9. The van der Waals surface area contributed by atoms with Crippen molar-refractivity contribution in [3.63, 3.8) is 0 Å². The third-order valence-electron chi connectivity index (χ3n) is 7.20. The lowest BCUT2D eigenvalue weighted by molar-refractivity contribution is -0.118. The summed E-state index contributed by atoms with van der Waals surface area (Å²) in [4.78, 5) is 24.5. The largest absolute Gasteiger partial charge is 0.386 e. The number of aromatic nitrogens is 4. The molecule has 5 rings (SSSR count). The fourth-order valence-corrected chi connectivity index (χ4v) is 5.87. The lowest BCUT2D eigenvalue weighted by atomic mass is 9.73. The van der Waals surface area contributed by atoms with E-state index in [0.717, 1.165) is 34.8 Å². The summed E-state index contributed by atoms with van der Waals surface area (Å²) in [5.41, 5.74) is 1.35. The van der Waals surface area contributed by atoms with Gasteiger partial charge in [-0.15, -0.1) is 0 Å². The molecular weight excluding hydrogens is 472 g/mol. The lowest BCUT2D eigenvalue weighted by Gasteiger charge is -2.52. The number of nitrogens with zero attached hydrogens (tertiary/aromatic N) is 4. The van der Waals surface area contributed by atoms with Gasteiger partial charge in [-0.2, -0.15) is 5.10 Å². The molecule has 0 atom stereocenters. The zero-order chi connectivity index (χ0) is 25.1. The van der Waals surface area contributed by atoms with Crippen LogP contribution in [0.5, 0.6) is 0 Å².